The predicted octanol–water partition coefficient (Wildman–Crippen LogP) is 24.9. The Labute approximate surface area is 666 Å². The van der Waals surface area contributed by atoms with Gasteiger partial charge < -0.3 is 33.8 Å². The maximum atomic E-state index is 13.1. The number of carbonyl (C=O) groups excluding carboxylic acids is 4. The molecule has 0 saturated carbocycles. The number of hydrogen-bond donors (Lipinski definition) is 3. The van der Waals surface area contributed by atoms with Crippen molar-refractivity contribution in [1.82, 2.24) is 0 Å². The number of carbonyl (C=O) groups is 4. The molecule has 0 fully saturated rings. The van der Waals surface area contributed by atoms with E-state index in [1.807, 2.05) is 0 Å². The Morgan fingerprint density at radius 1 is 0.255 bits per heavy atom. The fourth-order valence-electron chi connectivity index (χ4n) is 10.4. The van der Waals surface area contributed by atoms with Crippen molar-refractivity contribution in [1.29, 1.82) is 0 Å². The van der Waals surface area contributed by atoms with Crippen molar-refractivity contribution in [2.75, 3.05) is 39.6 Å². The van der Waals surface area contributed by atoms with Gasteiger partial charge in [-0.2, -0.15) is 0 Å². The van der Waals surface area contributed by atoms with Gasteiger partial charge in [-0.15, -0.1) is 0 Å². The molecule has 0 bridgehead atoms. The molecule has 17 nitrogen and oxygen atoms in total. The lowest BCUT2D eigenvalue weighted by atomic mass is 10.1. The van der Waals surface area contributed by atoms with E-state index in [0.29, 0.717) is 25.7 Å². The Balaban J connectivity index is 5.48. The monoisotopic (exact) mass is 1570 g/mol. The van der Waals surface area contributed by atoms with Crippen LogP contribution in [0.3, 0.4) is 0 Å². The number of rotatable bonds is 76. The summed E-state index contributed by atoms with van der Waals surface area (Å²) in [6, 6.07) is 0. The van der Waals surface area contributed by atoms with Gasteiger partial charge in [-0.1, -0.05) is 286 Å². The molecule has 0 spiro atoms. The summed E-state index contributed by atoms with van der Waals surface area (Å²) in [6.07, 6.45) is 99.7. The van der Waals surface area contributed by atoms with Gasteiger partial charge in [-0.25, -0.2) is 9.13 Å². The first-order valence-electron chi connectivity index (χ1n) is 41.7. The van der Waals surface area contributed by atoms with Crippen LogP contribution in [0.15, 0.2) is 194 Å². The second-order valence-electron chi connectivity index (χ2n) is 26.9. The molecular weight excluding hydrogens is 1430 g/mol. The van der Waals surface area contributed by atoms with Gasteiger partial charge in [0.1, 0.15) is 19.3 Å². The van der Waals surface area contributed by atoms with Gasteiger partial charge in [0, 0.05) is 25.7 Å². The molecule has 0 aliphatic rings. The lowest BCUT2D eigenvalue weighted by Gasteiger charge is -2.21. The van der Waals surface area contributed by atoms with Gasteiger partial charge in [-0.3, -0.25) is 37.3 Å². The Morgan fingerprint density at radius 2 is 0.445 bits per heavy atom. The van der Waals surface area contributed by atoms with Crippen LogP contribution in [-0.2, 0) is 65.4 Å². The van der Waals surface area contributed by atoms with Crippen molar-refractivity contribution in [3.05, 3.63) is 194 Å². The second kappa shape index (κ2) is 80.9. The molecule has 0 aromatic heterocycles. The molecule has 0 radical (unpaired) electrons. The van der Waals surface area contributed by atoms with E-state index in [-0.39, 0.29) is 25.7 Å². The van der Waals surface area contributed by atoms with Crippen LogP contribution in [0, 0.1) is 0 Å². The van der Waals surface area contributed by atoms with Gasteiger partial charge in [0.2, 0.25) is 0 Å². The van der Waals surface area contributed by atoms with E-state index < -0.39 is 97.5 Å². The number of aliphatic hydroxyl groups excluding tert-OH is 1. The van der Waals surface area contributed by atoms with Gasteiger partial charge in [0.15, 0.2) is 12.2 Å². The molecule has 0 rings (SSSR count). The molecule has 5 atom stereocenters. The number of allylic oxidation sites excluding steroid dienone is 32. The van der Waals surface area contributed by atoms with Crippen LogP contribution in [0.5, 0.6) is 0 Å². The summed E-state index contributed by atoms with van der Waals surface area (Å²) >= 11 is 0. The smallest absolute Gasteiger partial charge is 0.462 e. The van der Waals surface area contributed by atoms with E-state index in [9.17, 15) is 43.2 Å². The van der Waals surface area contributed by atoms with Gasteiger partial charge in [0.25, 0.3) is 0 Å². The lowest BCUT2D eigenvalue weighted by Crippen LogP contribution is -2.30. The van der Waals surface area contributed by atoms with Crippen LogP contribution in [0.25, 0.3) is 0 Å². The van der Waals surface area contributed by atoms with Gasteiger partial charge in [0.05, 0.1) is 26.4 Å². The van der Waals surface area contributed by atoms with E-state index in [4.69, 9.17) is 37.0 Å². The average molecular weight is 1570 g/mol. The van der Waals surface area contributed by atoms with Gasteiger partial charge in [-0.05, 0) is 180 Å². The zero-order valence-electron chi connectivity index (χ0n) is 68.1. The van der Waals surface area contributed by atoms with Crippen molar-refractivity contribution in [2.45, 2.75) is 316 Å². The number of aliphatic hydroxyl groups is 1. The number of ether oxygens (including phenoxy) is 4. The molecule has 622 valence electrons. The summed E-state index contributed by atoms with van der Waals surface area (Å²) in [6.45, 7) is 4.31. The maximum absolute atomic E-state index is 13.1. The third-order valence-electron chi connectivity index (χ3n) is 16.5. The van der Waals surface area contributed by atoms with Crippen molar-refractivity contribution in [2.24, 2.45) is 0 Å². The van der Waals surface area contributed by atoms with Crippen molar-refractivity contribution in [3.8, 4) is 0 Å². The van der Waals surface area contributed by atoms with E-state index in [1.54, 1.807) is 0 Å². The molecule has 0 saturated heterocycles. The fourth-order valence-corrected chi connectivity index (χ4v) is 11.9. The first-order chi connectivity index (χ1) is 53.7. The molecule has 0 aliphatic carbocycles. The molecule has 0 aliphatic heterocycles. The van der Waals surface area contributed by atoms with Crippen molar-refractivity contribution >= 4 is 39.5 Å². The first kappa shape index (κ1) is 104. The zero-order valence-corrected chi connectivity index (χ0v) is 69.9. The normalized spacial score (nSPS) is 14.8. The van der Waals surface area contributed by atoms with Crippen LogP contribution in [0.4, 0.5) is 0 Å². The molecule has 110 heavy (non-hydrogen) atoms. The average Bonchev–Trinajstić information content (AvgIpc) is 0.899. The minimum absolute atomic E-state index is 0.0595. The minimum atomic E-state index is -5.01. The molecule has 19 heteroatoms. The fraction of sp³-hybridized carbons (Fsp3) is 0.604. The molecular formula is C91H146O17P2. The van der Waals surface area contributed by atoms with E-state index in [1.165, 1.54) is 0 Å². The summed E-state index contributed by atoms with van der Waals surface area (Å²) in [5, 5.41) is 10.7. The topological polar surface area (TPSA) is 237 Å². The largest absolute Gasteiger partial charge is 0.472 e. The minimum Gasteiger partial charge on any atom is -0.462 e. The summed E-state index contributed by atoms with van der Waals surface area (Å²) in [5.41, 5.74) is 0. The van der Waals surface area contributed by atoms with Crippen molar-refractivity contribution in [3.63, 3.8) is 0 Å². The molecule has 5 unspecified atom stereocenters. The number of hydrogen-bond acceptors (Lipinski definition) is 15. The maximum Gasteiger partial charge on any atom is 0.472 e. The summed E-state index contributed by atoms with van der Waals surface area (Å²) in [4.78, 5) is 73.2. The van der Waals surface area contributed by atoms with Crippen LogP contribution >= 0.6 is 15.6 Å². The summed E-state index contributed by atoms with van der Waals surface area (Å²) in [7, 11) is -10.0. The Morgan fingerprint density at radius 3 is 0.691 bits per heavy atom. The number of phosphoric acid groups is 2. The highest BCUT2D eigenvalue weighted by atomic mass is 31.2. The number of esters is 4. The van der Waals surface area contributed by atoms with Gasteiger partial charge >= 0.3 is 39.5 Å². The van der Waals surface area contributed by atoms with Crippen LogP contribution in [0.2, 0.25) is 0 Å². The Kier molecular flexibility index (Phi) is 76.4. The van der Waals surface area contributed by atoms with Crippen LogP contribution < -0.4 is 0 Å². The zero-order chi connectivity index (χ0) is 80.3. The summed E-state index contributed by atoms with van der Waals surface area (Å²) in [5.74, 6) is -2.29. The highest BCUT2D eigenvalue weighted by molar-refractivity contribution is 7.47. The lowest BCUT2D eigenvalue weighted by molar-refractivity contribution is -0.161. The van der Waals surface area contributed by atoms with E-state index in [2.05, 4.69) is 222 Å². The first-order valence-corrected chi connectivity index (χ1v) is 44.7. The standard InChI is InChI=1S/C91H146O17P2/c1-5-9-13-17-21-25-29-33-37-40-42-45-48-51-55-59-63-67-71-75-88(93)101-81-86(107-90(95)77-73-69-65-61-57-53-47-36-32-28-24-20-16-12-8-4)83-105-109(97,98)103-79-85(92)80-104-110(99,100)106-84-87(108-91(96)78-74-70-66-62-58-54-50-44-39-35-31-27-23-19-15-11-7-3)82-102-89(94)76-72-68-64-60-56-52-49-46-43-41-38-34-30-26-22-18-14-10-6-2/h9-16,21-28,33-39,42-43,45-47,51-52,55-56,85-87,92H,5-8,17-20,29-32,40-41,44,48-50,53-54,57-84H2,1-4H3,(H,97,98)(H,99,100)/b13-9-,14-10-,15-11-,16-12-,25-21-,26-22-,27-23-,28-24-,37-33-,38-34-,39-35-,45-42-,46-43-,47-36-,55-51-,56-52-. The highest BCUT2D eigenvalue weighted by Gasteiger charge is 2.30. The quantitative estimate of drug-likeness (QED) is 0.0169. The number of unbranched alkanes of at least 4 members (excludes halogenated alkanes) is 18. The molecule has 0 aromatic carbocycles. The summed E-state index contributed by atoms with van der Waals surface area (Å²) < 4.78 is 68.7. The SMILES string of the molecule is CC/C=C\C/C=C\C/C=C\C/C=C\C/C=C\CCCCCC(=O)OCC(COP(=O)(O)OCC(O)COP(=O)(O)OCC(COC(=O)CCCCC/C=C\C/C=C\C/C=C\C/C=C\C/C=C\CC)OC(=O)CCCCCCCCC/C=C\C/C=C\C/C=C\CC)OC(=O)CCCCCCC/C=C\C/C=C\C/C=C\CC. The van der Waals surface area contributed by atoms with Crippen LogP contribution in [-0.4, -0.2) is 96.7 Å². The molecule has 0 amide bonds. The van der Waals surface area contributed by atoms with Crippen LogP contribution in [0.1, 0.15) is 297 Å². The molecule has 0 aromatic rings. The highest BCUT2D eigenvalue weighted by Crippen LogP contribution is 2.45. The predicted molar refractivity (Wildman–Crippen MR) is 454 cm³/mol. The third kappa shape index (κ3) is 80.0. The van der Waals surface area contributed by atoms with E-state index in [0.717, 1.165) is 218 Å². The Bertz CT molecular complexity index is 2850. The Hall–Kier alpha value is -6.10. The molecule has 0 heterocycles. The van der Waals surface area contributed by atoms with E-state index >= 15 is 0 Å². The third-order valence-corrected chi connectivity index (χ3v) is 18.4. The number of phosphoric ester groups is 2. The molecule has 3 N–H and O–H groups in total. The van der Waals surface area contributed by atoms with Crippen molar-refractivity contribution < 1.29 is 80.2 Å². The second-order valence-corrected chi connectivity index (χ2v) is 29.8.